The van der Waals surface area contributed by atoms with Crippen LogP contribution in [-0.2, 0) is 16.0 Å². The average molecular weight is 208 g/mol. The van der Waals surface area contributed by atoms with Gasteiger partial charge >= 0.3 is 0 Å². The zero-order chi connectivity index (χ0) is 11.3. The van der Waals surface area contributed by atoms with Gasteiger partial charge < -0.3 is 9.88 Å². The highest BCUT2D eigenvalue weighted by Gasteiger charge is 2.10. The second kappa shape index (κ2) is 5.34. The normalized spacial score (nSPS) is 10.0. The number of rotatable bonds is 5. The number of nitrogens with zero attached hydrogens (tertiary/aromatic N) is 1. The fraction of sp³-hybridized carbons (Fsp3) is 0.455. The molecule has 4 nitrogen and oxygen atoms in total. The van der Waals surface area contributed by atoms with Gasteiger partial charge in [0.2, 0.25) is 5.91 Å². The van der Waals surface area contributed by atoms with Gasteiger partial charge in [0.15, 0.2) is 0 Å². The van der Waals surface area contributed by atoms with E-state index >= 15 is 0 Å². The number of carbonyl (C=O) groups excluding carboxylic acids is 2. The van der Waals surface area contributed by atoms with Crippen molar-refractivity contribution in [2.24, 2.45) is 0 Å². The van der Waals surface area contributed by atoms with E-state index in [2.05, 4.69) is 4.98 Å². The SMILES string of the molecule is CC(=O)CC(=O)N(C)CCc1ccc[nH]1. The number of hydrogen-bond donors (Lipinski definition) is 1. The number of hydrogen-bond acceptors (Lipinski definition) is 2. The van der Waals surface area contributed by atoms with Crippen LogP contribution >= 0.6 is 0 Å². The highest BCUT2D eigenvalue weighted by Crippen LogP contribution is 1.99. The molecule has 0 spiro atoms. The Morgan fingerprint density at radius 1 is 1.47 bits per heavy atom. The van der Waals surface area contributed by atoms with Crippen LogP contribution in [0.3, 0.4) is 0 Å². The lowest BCUT2D eigenvalue weighted by molar-refractivity contribution is -0.133. The molecule has 4 heteroatoms. The number of ketones is 1. The Hall–Kier alpha value is -1.58. The Bertz CT molecular complexity index is 330. The topological polar surface area (TPSA) is 53.2 Å². The van der Waals surface area contributed by atoms with Gasteiger partial charge in [-0.3, -0.25) is 9.59 Å². The summed E-state index contributed by atoms with van der Waals surface area (Å²) in [5.41, 5.74) is 1.09. The number of H-pyrrole nitrogens is 1. The minimum absolute atomic E-state index is 0.00122. The number of amides is 1. The first-order chi connectivity index (χ1) is 7.09. The minimum Gasteiger partial charge on any atom is -0.365 e. The monoisotopic (exact) mass is 208 g/mol. The first-order valence-corrected chi connectivity index (χ1v) is 4.95. The van der Waals surface area contributed by atoms with E-state index in [4.69, 9.17) is 0 Å². The van der Waals surface area contributed by atoms with Crippen LogP contribution in [0.2, 0.25) is 0 Å². The summed E-state index contributed by atoms with van der Waals surface area (Å²) in [5, 5.41) is 0. The Labute approximate surface area is 89.3 Å². The lowest BCUT2D eigenvalue weighted by Gasteiger charge is -2.15. The highest BCUT2D eigenvalue weighted by molar-refractivity contribution is 5.96. The molecule has 1 rings (SSSR count). The van der Waals surface area contributed by atoms with Gasteiger partial charge in [0.1, 0.15) is 5.78 Å². The molecule has 0 unspecified atom stereocenters. The molecule has 0 aliphatic rings. The summed E-state index contributed by atoms with van der Waals surface area (Å²) >= 11 is 0. The van der Waals surface area contributed by atoms with Crippen molar-refractivity contribution >= 4 is 11.7 Å². The van der Waals surface area contributed by atoms with Gasteiger partial charge in [-0.2, -0.15) is 0 Å². The molecule has 0 fully saturated rings. The maximum Gasteiger partial charge on any atom is 0.229 e. The lowest BCUT2D eigenvalue weighted by atomic mass is 10.2. The van der Waals surface area contributed by atoms with Crippen molar-refractivity contribution in [2.75, 3.05) is 13.6 Å². The zero-order valence-electron chi connectivity index (χ0n) is 9.12. The molecular formula is C11H16N2O2. The van der Waals surface area contributed by atoms with Gasteiger partial charge in [-0.25, -0.2) is 0 Å². The molecule has 0 bridgehead atoms. The van der Waals surface area contributed by atoms with E-state index in [9.17, 15) is 9.59 Å². The number of carbonyl (C=O) groups is 2. The van der Waals surface area contributed by atoms with E-state index in [1.54, 1.807) is 11.9 Å². The Morgan fingerprint density at radius 3 is 2.73 bits per heavy atom. The van der Waals surface area contributed by atoms with Crippen LogP contribution in [0.5, 0.6) is 0 Å². The Morgan fingerprint density at radius 2 is 2.20 bits per heavy atom. The molecule has 82 valence electrons. The number of aromatic amines is 1. The smallest absolute Gasteiger partial charge is 0.229 e. The highest BCUT2D eigenvalue weighted by atomic mass is 16.2. The van der Waals surface area contributed by atoms with Crippen molar-refractivity contribution in [1.82, 2.24) is 9.88 Å². The van der Waals surface area contributed by atoms with E-state index in [-0.39, 0.29) is 18.1 Å². The van der Waals surface area contributed by atoms with Crippen LogP contribution in [0.25, 0.3) is 0 Å². The largest absolute Gasteiger partial charge is 0.365 e. The third-order valence-corrected chi connectivity index (χ3v) is 2.20. The Kier molecular flexibility index (Phi) is 4.09. The number of aromatic nitrogens is 1. The van der Waals surface area contributed by atoms with E-state index in [1.807, 2.05) is 18.3 Å². The second-order valence-electron chi connectivity index (χ2n) is 3.64. The van der Waals surface area contributed by atoms with Crippen molar-refractivity contribution in [3.63, 3.8) is 0 Å². The molecule has 1 amide bonds. The molecular weight excluding hydrogens is 192 g/mol. The first kappa shape index (κ1) is 11.5. The summed E-state index contributed by atoms with van der Waals surface area (Å²) in [6, 6.07) is 3.90. The van der Waals surface area contributed by atoms with Gasteiger partial charge in [0, 0.05) is 31.9 Å². The molecule has 1 heterocycles. The van der Waals surface area contributed by atoms with Crippen LogP contribution < -0.4 is 0 Å². The van der Waals surface area contributed by atoms with Gasteiger partial charge in [-0.1, -0.05) is 0 Å². The molecule has 1 N–H and O–H groups in total. The summed E-state index contributed by atoms with van der Waals surface area (Å²) in [6.45, 7) is 2.06. The van der Waals surface area contributed by atoms with E-state index in [0.29, 0.717) is 6.54 Å². The predicted octanol–water partition coefficient (Wildman–Crippen LogP) is 0.995. The first-order valence-electron chi connectivity index (χ1n) is 4.95. The molecule has 0 atom stereocenters. The third-order valence-electron chi connectivity index (χ3n) is 2.20. The molecule has 0 aromatic carbocycles. The van der Waals surface area contributed by atoms with Crippen molar-refractivity contribution in [1.29, 1.82) is 0 Å². The predicted molar refractivity (Wildman–Crippen MR) is 57.4 cm³/mol. The van der Waals surface area contributed by atoms with Crippen molar-refractivity contribution in [2.45, 2.75) is 19.8 Å². The molecule has 1 aromatic rings. The van der Waals surface area contributed by atoms with Gasteiger partial charge in [0.25, 0.3) is 0 Å². The standard InChI is InChI=1S/C11H16N2O2/c1-9(14)8-11(15)13(2)7-5-10-4-3-6-12-10/h3-4,6,12H,5,7-8H2,1-2H3. The van der Waals surface area contributed by atoms with Crippen LogP contribution in [0.1, 0.15) is 19.0 Å². The van der Waals surface area contributed by atoms with Gasteiger partial charge in [-0.05, 0) is 19.1 Å². The summed E-state index contributed by atoms with van der Waals surface area (Å²) < 4.78 is 0. The fourth-order valence-corrected chi connectivity index (χ4v) is 1.28. The van der Waals surface area contributed by atoms with Crippen LogP contribution in [0.4, 0.5) is 0 Å². The van der Waals surface area contributed by atoms with E-state index in [0.717, 1.165) is 12.1 Å². The van der Waals surface area contributed by atoms with Crippen LogP contribution in [0, 0.1) is 0 Å². The van der Waals surface area contributed by atoms with E-state index in [1.165, 1.54) is 6.92 Å². The maximum absolute atomic E-state index is 11.4. The lowest BCUT2D eigenvalue weighted by Crippen LogP contribution is -2.30. The van der Waals surface area contributed by atoms with Gasteiger partial charge in [0.05, 0.1) is 6.42 Å². The maximum atomic E-state index is 11.4. The summed E-state index contributed by atoms with van der Waals surface area (Å²) in [5.74, 6) is -0.208. The third kappa shape index (κ3) is 3.97. The summed E-state index contributed by atoms with van der Waals surface area (Å²) in [7, 11) is 1.72. The fourth-order valence-electron chi connectivity index (χ4n) is 1.28. The van der Waals surface area contributed by atoms with E-state index < -0.39 is 0 Å². The molecule has 0 saturated carbocycles. The number of nitrogens with one attached hydrogen (secondary N) is 1. The zero-order valence-corrected chi connectivity index (χ0v) is 9.12. The molecule has 15 heavy (non-hydrogen) atoms. The molecule has 0 aliphatic heterocycles. The van der Waals surface area contributed by atoms with Crippen LogP contribution in [0.15, 0.2) is 18.3 Å². The van der Waals surface area contributed by atoms with Gasteiger partial charge in [-0.15, -0.1) is 0 Å². The molecule has 0 radical (unpaired) electrons. The number of likely N-dealkylation sites (N-methyl/N-ethyl adjacent to an activating group) is 1. The number of Topliss-reactive ketones (excluding diaryl/α,β-unsaturated/α-hetero) is 1. The second-order valence-corrected chi connectivity index (χ2v) is 3.64. The summed E-state index contributed by atoms with van der Waals surface area (Å²) in [6.07, 6.45) is 2.64. The van der Waals surface area contributed by atoms with Crippen molar-refractivity contribution in [3.8, 4) is 0 Å². The average Bonchev–Trinajstić information content (AvgIpc) is 2.65. The minimum atomic E-state index is -0.117. The summed E-state index contributed by atoms with van der Waals surface area (Å²) in [4.78, 5) is 26.8. The molecule has 1 aromatic heterocycles. The quantitative estimate of drug-likeness (QED) is 0.734. The molecule has 0 saturated heterocycles. The molecule has 0 aliphatic carbocycles. The Balaban J connectivity index is 2.32. The van der Waals surface area contributed by atoms with Crippen molar-refractivity contribution in [3.05, 3.63) is 24.0 Å². The van der Waals surface area contributed by atoms with Crippen LogP contribution in [-0.4, -0.2) is 35.2 Å². The van der Waals surface area contributed by atoms with Crippen molar-refractivity contribution < 1.29 is 9.59 Å².